The Morgan fingerprint density at radius 3 is 3.00 bits per heavy atom. The molecule has 2 N–H and O–H groups in total. The highest BCUT2D eigenvalue weighted by Gasteiger charge is 2.22. The Hall–Kier alpha value is -2.36. The van der Waals surface area contributed by atoms with Gasteiger partial charge in [-0.2, -0.15) is 0 Å². The summed E-state index contributed by atoms with van der Waals surface area (Å²) in [4.78, 5) is 28.7. The second kappa shape index (κ2) is 5.50. The average Bonchev–Trinajstić information content (AvgIpc) is 2.69. The van der Waals surface area contributed by atoms with Crippen LogP contribution in [0.1, 0.15) is 12.6 Å². The molecule has 0 spiro atoms. The molecule has 1 aromatic heterocycles. The van der Waals surface area contributed by atoms with Gasteiger partial charge in [0.1, 0.15) is 6.04 Å². The maximum atomic E-state index is 11.3. The van der Waals surface area contributed by atoms with Crippen LogP contribution in [0.3, 0.4) is 0 Å². The molecule has 0 aliphatic heterocycles. The third-order valence-electron chi connectivity index (χ3n) is 1.79. The molecule has 0 aliphatic carbocycles. The summed E-state index contributed by atoms with van der Waals surface area (Å²) in [5, 5.41) is 10.6. The number of hydrogen-bond donors (Lipinski definition) is 2. The number of H-pyrrole nitrogens is 1. The molecule has 1 heterocycles. The Balaban J connectivity index is 2.68. The first-order valence-corrected chi connectivity index (χ1v) is 4.47. The molecule has 1 rings (SSSR count). The van der Waals surface area contributed by atoms with E-state index in [-0.39, 0.29) is 12.3 Å². The highest BCUT2D eigenvalue weighted by Crippen LogP contribution is 2.00. The zero-order valence-corrected chi connectivity index (χ0v) is 8.56. The van der Waals surface area contributed by atoms with Crippen molar-refractivity contribution in [3.05, 3.63) is 18.2 Å². The smallest absolute Gasteiger partial charge is 0.344 e. The first-order valence-electron chi connectivity index (χ1n) is 4.47. The highest BCUT2D eigenvalue weighted by atomic mass is 16.5. The van der Waals surface area contributed by atoms with E-state index in [2.05, 4.69) is 20.0 Å². The van der Waals surface area contributed by atoms with Gasteiger partial charge in [-0.05, 0) is 0 Å². The maximum absolute atomic E-state index is 11.3. The lowest BCUT2D eigenvalue weighted by molar-refractivity contribution is -0.141. The summed E-state index contributed by atoms with van der Waals surface area (Å²) in [7, 11) is 0. The second-order valence-corrected chi connectivity index (χ2v) is 3.05. The molecule has 1 aromatic rings. The zero-order valence-electron chi connectivity index (χ0n) is 8.56. The first-order chi connectivity index (χ1) is 7.63. The van der Waals surface area contributed by atoms with Crippen molar-refractivity contribution in [1.29, 1.82) is 5.26 Å². The van der Waals surface area contributed by atoms with Crippen molar-refractivity contribution in [2.75, 3.05) is 0 Å². The number of esters is 1. The van der Waals surface area contributed by atoms with Crippen LogP contribution in [0.4, 0.5) is 0 Å². The van der Waals surface area contributed by atoms with Gasteiger partial charge in [-0.25, -0.2) is 9.78 Å². The lowest BCUT2D eigenvalue weighted by Gasteiger charge is -2.12. The SMILES string of the molecule is CC(=O)N[C@@H](Cc1cnc[nH]1)C(=O)OC#N. The van der Waals surface area contributed by atoms with Gasteiger partial charge in [0.15, 0.2) is 0 Å². The van der Waals surface area contributed by atoms with Gasteiger partial charge in [0, 0.05) is 25.2 Å². The fourth-order valence-electron chi connectivity index (χ4n) is 1.17. The third kappa shape index (κ3) is 3.42. The summed E-state index contributed by atoms with van der Waals surface area (Å²) in [6, 6.07) is -0.891. The lowest BCUT2D eigenvalue weighted by atomic mass is 10.1. The van der Waals surface area contributed by atoms with Gasteiger partial charge in [0.25, 0.3) is 6.26 Å². The van der Waals surface area contributed by atoms with Crippen LogP contribution in [0.2, 0.25) is 0 Å². The summed E-state index contributed by atoms with van der Waals surface area (Å²) in [6.45, 7) is 1.28. The van der Waals surface area contributed by atoms with Gasteiger partial charge in [-0.3, -0.25) is 4.79 Å². The molecule has 7 heteroatoms. The quantitative estimate of drug-likeness (QED) is 0.526. The third-order valence-corrected chi connectivity index (χ3v) is 1.79. The van der Waals surface area contributed by atoms with E-state index in [9.17, 15) is 9.59 Å². The summed E-state index contributed by atoms with van der Waals surface area (Å²) in [5.74, 6) is -1.17. The Kier molecular flexibility index (Phi) is 4.03. The number of aromatic amines is 1. The topological polar surface area (TPSA) is 108 Å². The molecule has 0 unspecified atom stereocenters. The number of hydrogen-bond acceptors (Lipinski definition) is 5. The van der Waals surface area contributed by atoms with Crippen molar-refractivity contribution in [3.63, 3.8) is 0 Å². The monoisotopic (exact) mass is 222 g/mol. The Morgan fingerprint density at radius 1 is 1.75 bits per heavy atom. The van der Waals surface area contributed by atoms with Gasteiger partial charge in [0.2, 0.25) is 5.91 Å². The van der Waals surface area contributed by atoms with E-state index in [1.165, 1.54) is 25.7 Å². The van der Waals surface area contributed by atoms with Crippen LogP contribution in [0.15, 0.2) is 12.5 Å². The van der Waals surface area contributed by atoms with E-state index in [1.54, 1.807) is 0 Å². The van der Waals surface area contributed by atoms with E-state index in [1.807, 2.05) is 0 Å². The van der Waals surface area contributed by atoms with Crippen molar-refractivity contribution >= 4 is 11.9 Å². The molecule has 0 saturated carbocycles. The predicted molar refractivity (Wildman–Crippen MR) is 51.6 cm³/mol. The number of nitrogens with one attached hydrogen (secondary N) is 2. The van der Waals surface area contributed by atoms with Gasteiger partial charge < -0.3 is 15.0 Å². The largest absolute Gasteiger partial charge is 0.349 e. The van der Waals surface area contributed by atoms with Gasteiger partial charge in [-0.1, -0.05) is 0 Å². The van der Waals surface area contributed by atoms with Gasteiger partial charge in [0.05, 0.1) is 6.33 Å². The zero-order chi connectivity index (χ0) is 12.0. The molecule has 0 fully saturated rings. The molecule has 0 radical (unpaired) electrons. The van der Waals surface area contributed by atoms with Crippen LogP contribution in [0, 0.1) is 11.5 Å². The summed E-state index contributed by atoms with van der Waals surface area (Å²) < 4.78 is 4.17. The van der Waals surface area contributed by atoms with Crippen molar-refractivity contribution in [1.82, 2.24) is 15.3 Å². The van der Waals surface area contributed by atoms with Crippen LogP contribution in [-0.2, 0) is 20.7 Å². The molecule has 84 valence electrons. The molecule has 16 heavy (non-hydrogen) atoms. The molecule has 7 nitrogen and oxygen atoms in total. The number of amides is 1. The van der Waals surface area contributed by atoms with Gasteiger partial charge >= 0.3 is 5.97 Å². The fraction of sp³-hybridized carbons (Fsp3) is 0.333. The molecular weight excluding hydrogens is 212 g/mol. The van der Waals surface area contributed by atoms with Crippen LogP contribution in [-0.4, -0.2) is 27.9 Å². The van der Waals surface area contributed by atoms with Crippen LogP contribution >= 0.6 is 0 Å². The van der Waals surface area contributed by atoms with Crippen molar-refractivity contribution in [2.45, 2.75) is 19.4 Å². The van der Waals surface area contributed by atoms with E-state index >= 15 is 0 Å². The molecule has 1 amide bonds. The van der Waals surface area contributed by atoms with E-state index < -0.39 is 12.0 Å². The molecule has 0 aromatic carbocycles. The number of imidazole rings is 1. The molecule has 1 atom stereocenters. The van der Waals surface area contributed by atoms with Crippen LogP contribution < -0.4 is 5.32 Å². The highest BCUT2D eigenvalue weighted by molar-refractivity contribution is 5.83. The maximum Gasteiger partial charge on any atom is 0.344 e. The number of nitrogens with zero attached hydrogens (tertiary/aromatic N) is 2. The minimum Gasteiger partial charge on any atom is -0.349 e. The standard InChI is InChI=1S/C9H10N4O3/c1-6(14)13-8(9(15)16-4-10)2-7-3-11-5-12-7/h3,5,8H,2H2,1H3,(H,11,12)(H,13,14)/t8-/m0/s1. The fourth-order valence-corrected chi connectivity index (χ4v) is 1.17. The molecule has 0 aliphatic rings. The van der Waals surface area contributed by atoms with E-state index in [0.717, 1.165) is 0 Å². The summed E-state index contributed by atoms with van der Waals surface area (Å²) in [5.41, 5.74) is 0.661. The average molecular weight is 222 g/mol. The predicted octanol–water partition coefficient (Wildman–Crippen LogP) is -0.519. The molecule has 0 saturated heterocycles. The van der Waals surface area contributed by atoms with E-state index in [0.29, 0.717) is 5.69 Å². The normalized spacial score (nSPS) is 11.2. The van der Waals surface area contributed by atoms with Crippen molar-refractivity contribution in [2.24, 2.45) is 0 Å². The first kappa shape index (κ1) is 11.7. The Labute approximate surface area is 91.4 Å². The Bertz CT molecular complexity index is 407. The number of ether oxygens (including phenoxy) is 1. The number of aromatic nitrogens is 2. The second-order valence-electron chi connectivity index (χ2n) is 3.05. The number of rotatable bonds is 4. The lowest BCUT2D eigenvalue weighted by Crippen LogP contribution is -2.42. The summed E-state index contributed by atoms with van der Waals surface area (Å²) >= 11 is 0. The number of carbonyl (C=O) groups is 2. The molecule has 0 bridgehead atoms. The van der Waals surface area contributed by atoms with Crippen molar-refractivity contribution < 1.29 is 14.3 Å². The van der Waals surface area contributed by atoms with Gasteiger partial charge in [-0.15, -0.1) is 5.26 Å². The van der Waals surface area contributed by atoms with Crippen molar-refractivity contribution in [3.8, 4) is 6.26 Å². The molecular formula is C9H10N4O3. The van der Waals surface area contributed by atoms with Crippen LogP contribution in [0.5, 0.6) is 0 Å². The summed E-state index contributed by atoms with van der Waals surface area (Å²) in [6.07, 6.45) is 4.45. The van der Waals surface area contributed by atoms with Crippen LogP contribution in [0.25, 0.3) is 0 Å². The van der Waals surface area contributed by atoms with E-state index in [4.69, 9.17) is 5.26 Å². The number of nitriles is 1. The number of carbonyl (C=O) groups excluding carboxylic acids is 2. The Morgan fingerprint density at radius 2 is 2.50 bits per heavy atom. The minimum absolute atomic E-state index is 0.195. The minimum atomic E-state index is -0.891.